The molecule has 2 heterocycles. The van der Waals surface area contributed by atoms with Crippen molar-refractivity contribution in [3.63, 3.8) is 0 Å². The zero-order valence-corrected chi connectivity index (χ0v) is 24.1. The van der Waals surface area contributed by atoms with Crippen molar-refractivity contribution >= 4 is 76.9 Å². The fraction of sp³-hybridized carbons (Fsp3) is 0. The number of fused-ring (bicyclic) bond motifs is 2. The molecule has 0 saturated carbocycles. The molecule has 0 radical (unpaired) electrons. The van der Waals surface area contributed by atoms with Crippen LogP contribution in [0.4, 0.5) is 13.2 Å². The average molecular weight is 699 g/mol. The number of aromatic amines is 2. The fourth-order valence-electron chi connectivity index (χ4n) is 4.18. The number of benzene rings is 4. The van der Waals surface area contributed by atoms with Gasteiger partial charge in [-0.15, -0.1) is 0 Å². The molecule has 0 bridgehead atoms. The van der Waals surface area contributed by atoms with Crippen LogP contribution in [0.15, 0.2) is 75.7 Å². The predicted octanol–water partition coefficient (Wildman–Crippen LogP) is 10.3. The van der Waals surface area contributed by atoms with Crippen molar-refractivity contribution in [3.05, 3.63) is 103 Å². The molecule has 0 aliphatic heterocycles. The Hall–Kier alpha value is -3.11. The largest absolute Gasteiger partial charge is 0.507 e. The van der Waals surface area contributed by atoms with Gasteiger partial charge in [-0.1, -0.05) is 55.1 Å². The molecule has 2 aromatic heterocycles. The van der Waals surface area contributed by atoms with Crippen LogP contribution in [0.3, 0.4) is 0 Å². The van der Waals surface area contributed by atoms with Gasteiger partial charge in [-0.05, 0) is 66.7 Å². The molecule has 4 N–H and O–H groups in total. The number of rotatable bonds is 2. The van der Waals surface area contributed by atoms with E-state index in [-0.39, 0.29) is 33.7 Å². The van der Waals surface area contributed by atoms with Crippen LogP contribution in [0.1, 0.15) is 0 Å². The molecular formula is C28H15Br2Cl2F3N2O2. The molecule has 6 rings (SSSR count). The number of halogens is 7. The van der Waals surface area contributed by atoms with Crippen LogP contribution >= 0.6 is 55.1 Å². The average Bonchev–Trinajstić information content (AvgIpc) is 3.39. The van der Waals surface area contributed by atoms with Crippen LogP contribution in [-0.2, 0) is 0 Å². The van der Waals surface area contributed by atoms with Crippen LogP contribution in [0.2, 0.25) is 10.0 Å². The molecule has 0 fully saturated rings. The van der Waals surface area contributed by atoms with Crippen molar-refractivity contribution in [3.8, 4) is 34.0 Å². The van der Waals surface area contributed by atoms with Crippen molar-refractivity contribution in [1.29, 1.82) is 0 Å². The second-order valence-corrected chi connectivity index (χ2v) is 11.2. The van der Waals surface area contributed by atoms with Gasteiger partial charge in [0.25, 0.3) is 0 Å². The molecule has 11 heteroatoms. The molecule has 6 aromatic rings. The van der Waals surface area contributed by atoms with Gasteiger partial charge in [-0.3, -0.25) is 0 Å². The molecule has 39 heavy (non-hydrogen) atoms. The Bertz CT molecular complexity index is 1840. The zero-order chi connectivity index (χ0) is 28.0. The quantitative estimate of drug-likeness (QED) is 0.145. The van der Waals surface area contributed by atoms with Gasteiger partial charge in [0.05, 0.1) is 22.5 Å². The number of aromatic hydroxyl groups is 2. The lowest BCUT2D eigenvalue weighted by atomic mass is 10.1. The van der Waals surface area contributed by atoms with Crippen LogP contribution in [-0.4, -0.2) is 20.2 Å². The van der Waals surface area contributed by atoms with Gasteiger partial charge in [0.2, 0.25) is 0 Å². The highest BCUT2D eigenvalue weighted by molar-refractivity contribution is 9.10. The number of hydrogen-bond donors (Lipinski definition) is 4. The van der Waals surface area contributed by atoms with Gasteiger partial charge in [-0.2, -0.15) is 0 Å². The summed E-state index contributed by atoms with van der Waals surface area (Å²) in [6, 6.07) is 17.0. The van der Waals surface area contributed by atoms with Crippen molar-refractivity contribution in [2.45, 2.75) is 0 Å². The summed E-state index contributed by atoms with van der Waals surface area (Å²) in [5.41, 5.74) is 1.66. The molecule has 0 atom stereocenters. The molecule has 0 spiro atoms. The first kappa shape index (κ1) is 27.5. The van der Waals surface area contributed by atoms with E-state index >= 15 is 0 Å². The highest BCUT2D eigenvalue weighted by atomic mass is 79.9. The van der Waals surface area contributed by atoms with Gasteiger partial charge in [-0.25, -0.2) is 13.2 Å². The molecule has 0 aliphatic carbocycles. The van der Waals surface area contributed by atoms with Crippen molar-refractivity contribution < 1.29 is 23.4 Å². The number of hydrogen-bond acceptors (Lipinski definition) is 2. The lowest BCUT2D eigenvalue weighted by Crippen LogP contribution is -1.88. The molecule has 198 valence electrons. The summed E-state index contributed by atoms with van der Waals surface area (Å²) >= 11 is 17.9. The lowest BCUT2D eigenvalue weighted by Gasteiger charge is -2.05. The van der Waals surface area contributed by atoms with Crippen molar-refractivity contribution in [1.82, 2.24) is 9.97 Å². The second kappa shape index (κ2) is 10.8. The normalized spacial score (nSPS) is 11.2. The molecule has 4 nitrogen and oxygen atoms in total. The Morgan fingerprint density at radius 2 is 1.21 bits per heavy atom. The van der Waals surface area contributed by atoms with Crippen molar-refractivity contribution in [2.75, 3.05) is 0 Å². The molecular weight excluding hydrogens is 684 g/mol. The van der Waals surface area contributed by atoms with Gasteiger partial charge >= 0.3 is 0 Å². The summed E-state index contributed by atoms with van der Waals surface area (Å²) in [5.74, 6) is -2.35. The van der Waals surface area contributed by atoms with Crippen molar-refractivity contribution in [2.24, 2.45) is 0 Å². The summed E-state index contributed by atoms with van der Waals surface area (Å²) in [6.45, 7) is 0. The Labute approximate surface area is 246 Å². The Kier molecular flexibility index (Phi) is 7.61. The van der Waals surface area contributed by atoms with E-state index in [1.165, 1.54) is 24.3 Å². The zero-order valence-electron chi connectivity index (χ0n) is 19.4. The molecule has 0 unspecified atom stereocenters. The summed E-state index contributed by atoms with van der Waals surface area (Å²) in [4.78, 5) is 5.83. The Morgan fingerprint density at radius 1 is 0.641 bits per heavy atom. The summed E-state index contributed by atoms with van der Waals surface area (Å²) in [7, 11) is 0. The number of phenolic OH excluding ortho intramolecular Hbond substituents is 2. The van der Waals surface area contributed by atoms with Crippen LogP contribution in [0, 0.1) is 17.5 Å². The van der Waals surface area contributed by atoms with E-state index in [1.54, 1.807) is 30.3 Å². The van der Waals surface area contributed by atoms with Crippen LogP contribution < -0.4 is 0 Å². The fourth-order valence-corrected chi connectivity index (χ4v) is 5.36. The molecule has 0 aliphatic rings. The first-order chi connectivity index (χ1) is 18.5. The van der Waals surface area contributed by atoms with E-state index in [9.17, 15) is 23.4 Å². The Morgan fingerprint density at radius 3 is 1.82 bits per heavy atom. The third kappa shape index (κ3) is 5.49. The molecule has 0 amide bonds. The first-order valence-corrected chi connectivity index (χ1v) is 13.5. The van der Waals surface area contributed by atoms with E-state index in [1.807, 2.05) is 6.07 Å². The minimum Gasteiger partial charge on any atom is -0.507 e. The van der Waals surface area contributed by atoms with E-state index in [0.717, 1.165) is 17.0 Å². The first-order valence-electron chi connectivity index (χ1n) is 11.1. The summed E-state index contributed by atoms with van der Waals surface area (Å²) < 4.78 is 43.2. The number of nitrogens with one attached hydrogen (secondary N) is 2. The standard InChI is InChI=1S/C14H7BrClF2NO.C14H8BrClFNO/c15-6-3-9(17)12(11(20)4-6)14-13(18)8-5-7(16)1-2-10(8)19-14;15-8-5-10(17)14(13(19)6-8)12-4-7-3-9(16)1-2-11(7)18-12/h1-5,19-20H;1-6,18-19H. The van der Waals surface area contributed by atoms with Gasteiger partial charge in [0, 0.05) is 40.8 Å². The maximum atomic E-state index is 14.4. The lowest BCUT2D eigenvalue weighted by molar-refractivity contribution is 0.470. The molecule has 4 aromatic carbocycles. The number of aromatic nitrogens is 2. The second-order valence-electron chi connectivity index (χ2n) is 8.48. The van der Waals surface area contributed by atoms with E-state index in [2.05, 4.69) is 41.8 Å². The topological polar surface area (TPSA) is 72.0 Å². The Balaban J connectivity index is 0.000000158. The van der Waals surface area contributed by atoms with Crippen LogP contribution in [0.25, 0.3) is 44.3 Å². The smallest absolute Gasteiger partial charge is 0.156 e. The number of phenols is 2. The SMILES string of the molecule is Oc1cc(Br)cc(F)c1-c1[nH]c2ccc(Cl)cc2c1F.Oc1cc(Br)cc(F)c1-c1cc2cc(Cl)ccc2[nH]1. The van der Waals surface area contributed by atoms with E-state index in [4.69, 9.17) is 23.2 Å². The monoisotopic (exact) mass is 696 g/mol. The van der Waals surface area contributed by atoms with Gasteiger partial charge in [0.1, 0.15) is 23.1 Å². The summed E-state index contributed by atoms with van der Waals surface area (Å²) in [5, 5.41) is 21.8. The third-order valence-electron chi connectivity index (χ3n) is 5.87. The minimum absolute atomic E-state index is 0.107. The maximum absolute atomic E-state index is 14.4. The van der Waals surface area contributed by atoms with Gasteiger partial charge in [0.15, 0.2) is 5.82 Å². The third-order valence-corrected chi connectivity index (χ3v) is 7.25. The molecule has 0 saturated heterocycles. The van der Waals surface area contributed by atoms with Gasteiger partial charge < -0.3 is 20.2 Å². The summed E-state index contributed by atoms with van der Waals surface area (Å²) in [6.07, 6.45) is 0. The minimum atomic E-state index is -0.728. The van der Waals surface area contributed by atoms with E-state index < -0.39 is 17.5 Å². The van der Waals surface area contributed by atoms with Crippen LogP contribution in [0.5, 0.6) is 11.5 Å². The number of H-pyrrole nitrogens is 2. The maximum Gasteiger partial charge on any atom is 0.156 e. The predicted molar refractivity (Wildman–Crippen MR) is 156 cm³/mol. The van der Waals surface area contributed by atoms with E-state index in [0.29, 0.717) is 30.2 Å². The highest BCUT2D eigenvalue weighted by Crippen LogP contribution is 2.39. The highest BCUT2D eigenvalue weighted by Gasteiger charge is 2.20.